The van der Waals surface area contributed by atoms with E-state index in [2.05, 4.69) is 31.3 Å². The number of hydrogen-bond donors (Lipinski definition) is 2. The fourth-order valence-corrected chi connectivity index (χ4v) is 1.92. The van der Waals surface area contributed by atoms with Crippen molar-refractivity contribution in [1.29, 1.82) is 0 Å². The van der Waals surface area contributed by atoms with Gasteiger partial charge >= 0.3 is 0 Å². The summed E-state index contributed by atoms with van der Waals surface area (Å²) in [6.45, 7) is 5.34. The standard InChI is InChI=1S/C14H22N2O.ClH/c1-11(2)13(10-14(17)16-9-8-15)12-6-4-3-5-7-12;/h3-7,11,13H,8-10,15H2,1-2H3,(H,16,17);1H. The van der Waals surface area contributed by atoms with Crippen molar-refractivity contribution >= 4 is 18.3 Å². The molecule has 3 N–H and O–H groups in total. The second kappa shape index (κ2) is 8.95. The smallest absolute Gasteiger partial charge is 0.220 e. The zero-order chi connectivity index (χ0) is 12.7. The highest BCUT2D eigenvalue weighted by Gasteiger charge is 2.18. The van der Waals surface area contributed by atoms with Crippen LogP contribution in [0.1, 0.15) is 31.7 Å². The molecule has 0 spiro atoms. The third-order valence-corrected chi connectivity index (χ3v) is 2.90. The van der Waals surface area contributed by atoms with E-state index in [0.717, 1.165) is 0 Å². The predicted molar refractivity (Wildman–Crippen MR) is 78.0 cm³/mol. The Morgan fingerprint density at radius 1 is 1.28 bits per heavy atom. The molecule has 1 aromatic rings. The summed E-state index contributed by atoms with van der Waals surface area (Å²) in [4.78, 5) is 11.7. The molecule has 1 unspecified atom stereocenters. The van der Waals surface area contributed by atoms with Crippen LogP contribution in [0.4, 0.5) is 0 Å². The van der Waals surface area contributed by atoms with Gasteiger partial charge in [0.25, 0.3) is 0 Å². The first kappa shape index (κ1) is 16.9. The van der Waals surface area contributed by atoms with Crippen LogP contribution in [0, 0.1) is 5.92 Å². The molecule has 0 aliphatic rings. The highest BCUT2D eigenvalue weighted by atomic mass is 35.5. The van der Waals surface area contributed by atoms with Crippen LogP contribution < -0.4 is 11.1 Å². The van der Waals surface area contributed by atoms with Crippen molar-refractivity contribution in [1.82, 2.24) is 5.32 Å². The molecule has 1 aromatic carbocycles. The van der Waals surface area contributed by atoms with Gasteiger partial charge < -0.3 is 11.1 Å². The summed E-state index contributed by atoms with van der Waals surface area (Å²) in [5.41, 5.74) is 6.59. The van der Waals surface area contributed by atoms with Gasteiger partial charge in [0.15, 0.2) is 0 Å². The van der Waals surface area contributed by atoms with E-state index >= 15 is 0 Å². The van der Waals surface area contributed by atoms with Crippen LogP contribution in [-0.4, -0.2) is 19.0 Å². The van der Waals surface area contributed by atoms with Gasteiger partial charge in [-0.25, -0.2) is 0 Å². The van der Waals surface area contributed by atoms with E-state index in [4.69, 9.17) is 5.73 Å². The number of benzene rings is 1. The van der Waals surface area contributed by atoms with Crippen LogP contribution in [0.15, 0.2) is 30.3 Å². The van der Waals surface area contributed by atoms with Crippen molar-refractivity contribution in [3.8, 4) is 0 Å². The molecule has 1 rings (SSSR count). The summed E-state index contributed by atoms with van der Waals surface area (Å²) in [7, 11) is 0. The third kappa shape index (κ3) is 5.52. The normalized spacial score (nSPS) is 11.8. The van der Waals surface area contributed by atoms with E-state index in [0.29, 0.717) is 25.4 Å². The average Bonchev–Trinajstić information content (AvgIpc) is 2.34. The molecule has 18 heavy (non-hydrogen) atoms. The Morgan fingerprint density at radius 2 is 1.89 bits per heavy atom. The molecule has 0 bridgehead atoms. The lowest BCUT2D eigenvalue weighted by Crippen LogP contribution is -2.30. The second-order valence-electron chi connectivity index (χ2n) is 4.60. The number of carbonyl (C=O) groups is 1. The Hall–Kier alpha value is -1.06. The van der Waals surface area contributed by atoms with E-state index in [-0.39, 0.29) is 24.2 Å². The Bertz CT molecular complexity index is 341. The number of amides is 1. The van der Waals surface area contributed by atoms with Crippen molar-refractivity contribution in [3.63, 3.8) is 0 Å². The molecule has 0 aromatic heterocycles. The van der Waals surface area contributed by atoms with Crippen molar-refractivity contribution in [2.24, 2.45) is 11.7 Å². The van der Waals surface area contributed by atoms with Gasteiger partial charge in [0.2, 0.25) is 5.91 Å². The maximum Gasteiger partial charge on any atom is 0.220 e. The van der Waals surface area contributed by atoms with E-state index in [1.165, 1.54) is 5.56 Å². The SMILES string of the molecule is CC(C)C(CC(=O)NCCN)c1ccccc1.Cl. The summed E-state index contributed by atoms with van der Waals surface area (Å²) >= 11 is 0. The zero-order valence-electron chi connectivity index (χ0n) is 11.1. The quantitative estimate of drug-likeness (QED) is 0.834. The molecule has 0 aliphatic heterocycles. The van der Waals surface area contributed by atoms with Crippen LogP contribution in [0.3, 0.4) is 0 Å². The lowest BCUT2D eigenvalue weighted by molar-refractivity contribution is -0.121. The van der Waals surface area contributed by atoms with Crippen molar-refractivity contribution in [2.45, 2.75) is 26.2 Å². The number of carbonyl (C=O) groups excluding carboxylic acids is 1. The summed E-state index contributed by atoms with van der Waals surface area (Å²) in [5, 5.41) is 2.82. The molecule has 102 valence electrons. The monoisotopic (exact) mass is 270 g/mol. The summed E-state index contributed by atoms with van der Waals surface area (Å²) in [6, 6.07) is 10.2. The van der Waals surface area contributed by atoms with Gasteiger partial charge in [-0.3, -0.25) is 4.79 Å². The average molecular weight is 271 g/mol. The fourth-order valence-electron chi connectivity index (χ4n) is 1.92. The van der Waals surface area contributed by atoms with E-state index in [1.807, 2.05) is 18.2 Å². The van der Waals surface area contributed by atoms with Crippen LogP contribution in [0.25, 0.3) is 0 Å². The minimum Gasteiger partial charge on any atom is -0.355 e. The minimum atomic E-state index is 0. The number of nitrogens with two attached hydrogens (primary N) is 1. The van der Waals surface area contributed by atoms with Gasteiger partial charge in [-0.2, -0.15) is 0 Å². The van der Waals surface area contributed by atoms with Crippen molar-refractivity contribution in [3.05, 3.63) is 35.9 Å². The predicted octanol–water partition coefficient (Wildman–Crippen LogP) is 2.31. The molecule has 1 amide bonds. The minimum absolute atomic E-state index is 0. The molecule has 3 nitrogen and oxygen atoms in total. The first-order chi connectivity index (χ1) is 8.15. The first-order valence-corrected chi connectivity index (χ1v) is 6.17. The lowest BCUT2D eigenvalue weighted by atomic mass is 9.85. The number of nitrogens with one attached hydrogen (secondary N) is 1. The fraction of sp³-hybridized carbons (Fsp3) is 0.500. The highest BCUT2D eigenvalue weighted by molar-refractivity contribution is 5.85. The molecule has 0 fully saturated rings. The molecule has 0 radical (unpaired) electrons. The van der Waals surface area contributed by atoms with E-state index in [9.17, 15) is 4.79 Å². The summed E-state index contributed by atoms with van der Waals surface area (Å²) in [6.07, 6.45) is 0.529. The highest BCUT2D eigenvalue weighted by Crippen LogP contribution is 2.27. The van der Waals surface area contributed by atoms with Crippen molar-refractivity contribution < 1.29 is 4.79 Å². The molecule has 0 saturated heterocycles. The Labute approximate surface area is 116 Å². The largest absolute Gasteiger partial charge is 0.355 e. The Balaban J connectivity index is 0.00000289. The third-order valence-electron chi connectivity index (χ3n) is 2.90. The molecular formula is C14H23ClN2O. The molecular weight excluding hydrogens is 248 g/mol. The Kier molecular flexibility index (Phi) is 8.42. The first-order valence-electron chi connectivity index (χ1n) is 6.17. The Morgan fingerprint density at radius 3 is 2.39 bits per heavy atom. The van der Waals surface area contributed by atoms with Crippen LogP contribution >= 0.6 is 12.4 Å². The topological polar surface area (TPSA) is 55.1 Å². The van der Waals surface area contributed by atoms with E-state index in [1.54, 1.807) is 0 Å². The van der Waals surface area contributed by atoms with Gasteiger partial charge in [0.05, 0.1) is 0 Å². The lowest BCUT2D eigenvalue weighted by Gasteiger charge is -2.20. The molecule has 1 atom stereocenters. The molecule has 0 heterocycles. The van der Waals surface area contributed by atoms with Gasteiger partial charge in [-0.1, -0.05) is 44.2 Å². The van der Waals surface area contributed by atoms with Crippen LogP contribution in [0.5, 0.6) is 0 Å². The van der Waals surface area contributed by atoms with Gasteiger partial charge in [-0.15, -0.1) is 12.4 Å². The summed E-state index contributed by atoms with van der Waals surface area (Å²) in [5.74, 6) is 0.799. The van der Waals surface area contributed by atoms with E-state index < -0.39 is 0 Å². The maximum absolute atomic E-state index is 11.7. The van der Waals surface area contributed by atoms with Gasteiger partial charge in [0.1, 0.15) is 0 Å². The number of hydrogen-bond acceptors (Lipinski definition) is 2. The van der Waals surface area contributed by atoms with Crippen LogP contribution in [-0.2, 0) is 4.79 Å². The summed E-state index contributed by atoms with van der Waals surface area (Å²) < 4.78 is 0. The molecule has 4 heteroatoms. The molecule has 0 saturated carbocycles. The second-order valence-corrected chi connectivity index (χ2v) is 4.60. The zero-order valence-corrected chi connectivity index (χ0v) is 11.9. The molecule has 0 aliphatic carbocycles. The number of halogens is 1. The maximum atomic E-state index is 11.7. The van der Waals surface area contributed by atoms with Gasteiger partial charge in [-0.05, 0) is 17.4 Å². The van der Waals surface area contributed by atoms with Crippen molar-refractivity contribution in [2.75, 3.05) is 13.1 Å². The number of rotatable bonds is 6. The van der Waals surface area contributed by atoms with Gasteiger partial charge in [0, 0.05) is 19.5 Å². The van der Waals surface area contributed by atoms with Crippen LogP contribution in [0.2, 0.25) is 0 Å².